The van der Waals surface area contributed by atoms with E-state index >= 15 is 0 Å². The third-order valence-electron chi connectivity index (χ3n) is 6.80. The van der Waals surface area contributed by atoms with Gasteiger partial charge in [0.1, 0.15) is 5.75 Å². The zero-order valence-electron chi connectivity index (χ0n) is 16.6. The molecule has 0 spiro atoms. The standard InChI is InChI=1S/C22H29N3O3/c1-12-4-3-5-18(21(12)27)22(28)25-24-13(2)6-19(26)23-20-16-8-14-7-15(10-16)11-17(20)9-14/h3-5,14-17,20,27H,6-11H2,1-2H3,(H,23,26)(H,25,28)/b24-13-. The normalized spacial score (nSPS) is 30.9. The lowest BCUT2D eigenvalue weighted by atomic mass is 9.54. The summed E-state index contributed by atoms with van der Waals surface area (Å²) in [6.07, 6.45) is 6.63. The number of para-hydroxylation sites is 1. The Labute approximate surface area is 165 Å². The number of hydrazone groups is 1. The summed E-state index contributed by atoms with van der Waals surface area (Å²) < 4.78 is 0. The molecule has 5 rings (SSSR count). The van der Waals surface area contributed by atoms with Crippen LogP contribution >= 0.6 is 0 Å². The van der Waals surface area contributed by atoms with E-state index in [1.54, 1.807) is 32.0 Å². The summed E-state index contributed by atoms with van der Waals surface area (Å²) in [5.74, 6) is 2.49. The van der Waals surface area contributed by atoms with Gasteiger partial charge in [-0.2, -0.15) is 5.10 Å². The third-order valence-corrected chi connectivity index (χ3v) is 6.80. The summed E-state index contributed by atoms with van der Waals surface area (Å²) in [7, 11) is 0. The van der Waals surface area contributed by atoms with Crippen LogP contribution in [0.3, 0.4) is 0 Å². The molecule has 4 fully saturated rings. The highest BCUT2D eigenvalue weighted by Gasteiger charge is 2.48. The van der Waals surface area contributed by atoms with Gasteiger partial charge in [-0.05, 0) is 81.3 Å². The first-order valence-corrected chi connectivity index (χ1v) is 10.3. The molecule has 150 valence electrons. The smallest absolute Gasteiger partial charge is 0.275 e. The molecule has 6 nitrogen and oxygen atoms in total. The Morgan fingerprint density at radius 1 is 1.11 bits per heavy atom. The molecular weight excluding hydrogens is 354 g/mol. The van der Waals surface area contributed by atoms with Crippen molar-refractivity contribution in [2.45, 2.75) is 58.4 Å². The Morgan fingerprint density at radius 3 is 2.39 bits per heavy atom. The fourth-order valence-electron chi connectivity index (χ4n) is 5.72. The van der Waals surface area contributed by atoms with E-state index in [1.165, 1.54) is 32.1 Å². The lowest BCUT2D eigenvalue weighted by molar-refractivity contribution is -0.123. The van der Waals surface area contributed by atoms with Crippen LogP contribution in [0.5, 0.6) is 5.75 Å². The first-order valence-electron chi connectivity index (χ1n) is 10.3. The molecule has 0 aromatic heterocycles. The summed E-state index contributed by atoms with van der Waals surface area (Å²) in [5.41, 5.74) is 3.78. The highest BCUT2D eigenvalue weighted by molar-refractivity contribution is 6.02. The van der Waals surface area contributed by atoms with Crippen molar-refractivity contribution in [2.24, 2.45) is 28.8 Å². The van der Waals surface area contributed by atoms with Gasteiger partial charge in [0, 0.05) is 11.8 Å². The number of carbonyl (C=O) groups is 2. The van der Waals surface area contributed by atoms with Gasteiger partial charge in [-0.15, -0.1) is 0 Å². The summed E-state index contributed by atoms with van der Waals surface area (Å²) in [6, 6.07) is 5.29. The molecule has 0 atom stereocenters. The molecule has 1 aromatic carbocycles. The predicted octanol–water partition coefficient (Wildman–Crippen LogP) is 3.14. The topological polar surface area (TPSA) is 90.8 Å². The van der Waals surface area contributed by atoms with Gasteiger partial charge in [0.15, 0.2) is 0 Å². The Hall–Kier alpha value is -2.37. The summed E-state index contributed by atoms with van der Waals surface area (Å²) in [5, 5.41) is 17.3. The molecule has 0 aliphatic heterocycles. The van der Waals surface area contributed by atoms with Gasteiger partial charge >= 0.3 is 0 Å². The number of phenols is 1. The van der Waals surface area contributed by atoms with Crippen LogP contribution in [-0.4, -0.2) is 28.7 Å². The Morgan fingerprint density at radius 2 is 1.75 bits per heavy atom. The molecule has 0 saturated heterocycles. The van der Waals surface area contributed by atoms with E-state index in [9.17, 15) is 14.7 Å². The molecule has 1 aromatic rings. The number of hydrogen-bond donors (Lipinski definition) is 3. The molecule has 6 heteroatoms. The second kappa shape index (κ2) is 7.57. The van der Waals surface area contributed by atoms with Crippen LogP contribution in [0, 0.1) is 30.6 Å². The number of nitrogens with zero attached hydrogens (tertiary/aromatic N) is 1. The molecular formula is C22H29N3O3. The van der Waals surface area contributed by atoms with Gasteiger partial charge in [0.2, 0.25) is 5.91 Å². The van der Waals surface area contributed by atoms with Crippen LogP contribution in [0.15, 0.2) is 23.3 Å². The summed E-state index contributed by atoms with van der Waals surface area (Å²) in [4.78, 5) is 24.7. The van der Waals surface area contributed by atoms with Crippen molar-refractivity contribution in [3.8, 4) is 5.75 Å². The predicted molar refractivity (Wildman–Crippen MR) is 107 cm³/mol. The Balaban J connectivity index is 1.31. The minimum absolute atomic E-state index is 0.0219. The fraction of sp³-hybridized carbons (Fsp3) is 0.591. The van der Waals surface area contributed by atoms with Crippen LogP contribution < -0.4 is 10.7 Å². The van der Waals surface area contributed by atoms with Crippen LogP contribution in [0.4, 0.5) is 0 Å². The third kappa shape index (κ3) is 3.77. The molecule has 4 aliphatic rings. The monoisotopic (exact) mass is 383 g/mol. The molecule has 4 aliphatic carbocycles. The number of benzene rings is 1. The number of aromatic hydroxyl groups is 1. The molecule has 0 radical (unpaired) electrons. The van der Waals surface area contributed by atoms with E-state index in [4.69, 9.17) is 0 Å². The van der Waals surface area contributed by atoms with Crippen molar-refractivity contribution < 1.29 is 14.7 Å². The van der Waals surface area contributed by atoms with E-state index < -0.39 is 5.91 Å². The summed E-state index contributed by atoms with van der Waals surface area (Å²) >= 11 is 0. The van der Waals surface area contributed by atoms with E-state index in [-0.39, 0.29) is 23.6 Å². The number of carbonyl (C=O) groups excluding carboxylic acids is 2. The molecule has 4 saturated carbocycles. The highest BCUT2D eigenvalue weighted by atomic mass is 16.3. The first kappa shape index (κ1) is 19.0. The second-order valence-corrected chi connectivity index (χ2v) is 8.96. The Kier molecular flexibility index (Phi) is 5.13. The minimum Gasteiger partial charge on any atom is -0.507 e. The van der Waals surface area contributed by atoms with Crippen LogP contribution in [0.2, 0.25) is 0 Å². The maximum atomic E-state index is 12.5. The number of nitrogens with one attached hydrogen (secondary N) is 2. The lowest BCUT2D eigenvalue weighted by Gasteiger charge is -2.54. The zero-order valence-corrected chi connectivity index (χ0v) is 16.6. The first-order chi connectivity index (χ1) is 13.4. The number of rotatable bonds is 5. The van der Waals surface area contributed by atoms with Gasteiger partial charge in [-0.25, -0.2) is 5.43 Å². The highest BCUT2D eigenvalue weighted by Crippen LogP contribution is 2.53. The quantitative estimate of drug-likeness (QED) is 0.539. The van der Waals surface area contributed by atoms with Gasteiger partial charge < -0.3 is 10.4 Å². The number of aryl methyl sites for hydroxylation is 1. The number of hydrogen-bond acceptors (Lipinski definition) is 4. The molecule has 0 unspecified atom stereocenters. The zero-order chi connectivity index (χ0) is 19.8. The van der Waals surface area contributed by atoms with Crippen molar-refractivity contribution in [3.63, 3.8) is 0 Å². The van der Waals surface area contributed by atoms with E-state index in [0.717, 1.165) is 11.8 Å². The molecule has 28 heavy (non-hydrogen) atoms. The lowest BCUT2D eigenvalue weighted by Crippen LogP contribution is -2.56. The number of phenolic OH excluding ortho intramolecular Hbond substituents is 1. The van der Waals surface area contributed by atoms with Gasteiger partial charge in [0.05, 0.1) is 12.0 Å². The van der Waals surface area contributed by atoms with E-state index in [1.807, 2.05) is 0 Å². The van der Waals surface area contributed by atoms with Crippen LogP contribution in [0.25, 0.3) is 0 Å². The minimum atomic E-state index is -0.484. The molecule has 0 heterocycles. The fourth-order valence-corrected chi connectivity index (χ4v) is 5.72. The molecule has 4 bridgehead atoms. The maximum absolute atomic E-state index is 12.5. The van der Waals surface area contributed by atoms with Gasteiger partial charge in [-0.3, -0.25) is 9.59 Å². The van der Waals surface area contributed by atoms with Crippen LogP contribution in [-0.2, 0) is 4.79 Å². The van der Waals surface area contributed by atoms with E-state index in [0.29, 0.717) is 29.2 Å². The van der Waals surface area contributed by atoms with Crippen molar-refractivity contribution in [2.75, 3.05) is 0 Å². The van der Waals surface area contributed by atoms with E-state index in [2.05, 4.69) is 15.8 Å². The van der Waals surface area contributed by atoms with Gasteiger partial charge in [0.25, 0.3) is 5.91 Å². The van der Waals surface area contributed by atoms with Crippen LogP contribution in [0.1, 0.15) is 61.4 Å². The maximum Gasteiger partial charge on any atom is 0.275 e. The SMILES string of the molecule is C/C(CC(=O)NC1C2CC3CC(C2)CC1C3)=N/NC(=O)c1cccc(C)c1O. The molecule has 3 N–H and O–H groups in total. The summed E-state index contributed by atoms with van der Waals surface area (Å²) in [6.45, 7) is 3.46. The van der Waals surface area contributed by atoms with Crippen molar-refractivity contribution in [1.82, 2.24) is 10.7 Å². The van der Waals surface area contributed by atoms with Gasteiger partial charge in [-0.1, -0.05) is 12.1 Å². The average molecular weight is 383 g/mol. The van der Waals surface area contributed by atoms with Crippen molar-refractivity contribution in [1.29, 1.82) is 0 Å². The average Bonchev–Trinajstić information content (AvgIpc) is 2.64. The Bertz CT molecular complexity index is 789. The molecule has 2 amide bonds. The second-order valence-electron chi connectivity index (χ2n) is 8.96. The van der Waals surface area contributed by atoms with Crippen molar-refractivity contribution in [3.05, 3.63) is 29.3 Å². The largest absolute Gasteiger partial charge is 0.507 e. The number of amides is 2. The van der Waals surface area contributed by atoms with Crippen molar-refractivity contribution >= 4 is 17.5 Å².